The van der Waals surface area contributed by atoms with Gasteiger partial charge in [0.25, 0.3) is 0 Å². The van der Waals surface area contributed by atoms with Gasteiger partial charge in [-0.05, 0) is 54.4 Å². The van der Waals surface area contributed by atoms with Crippen LogP contribution < -0.4 is 9.47 Å². The molecule has 0 saturated heterocycles. The lowest BCUT2D eigenvalue weighted by Gasteiger charge is -2.24. The molecule has 0 spiro atoms. The quantitative estimate of drug-likeness (QED) is 0.492. The van der Waals surface area contributed by atoms with Gasteiger partial charge < -0.3 is 14.6 Å². The van der Waals surface area contributed by atoms with Crippen molar-refractivity contribution in [1.29, 1.82) is 0 Å². The number of nitrogens with zero attached hydrogens (tertiary/aromatic N) is 3. The van der Waals surface area contributed by atoms with E-state index in [1.165, 1.54) is 5.56 Å². The maximum atomic E-state index is 10.0. The molecule has 0 unspecified atom stereocenters. The van der Waals surface area contributed by atoms with Crippen molar-refractivity contribution < 1.29 is 14.6 Å². The highest BCUT2D eigenvalue weighted by atomic mass is 16.7. The molecule has 0 fully saturated rings. The molecule has 4 aromatic rings. The van der Waals surface area contributed by atoms with Crippen LogP contribution in [0.5, 0.6) is 11.5 Å². The van der Waals surface area contributed by atoms with E-state index in [2.05, 4.69) is 50.8 Å². The van der Waals surface area contributed by atoms with Gasteiger partial charge in [0.1, 0.15) is 6.33 Å². The lowest BCUT2D eigenvalue weighted by atomic mass is 10.1. The van der Waals surface area contributed by atoms with Crippen molar-refractivity contribution in [3.63, 3.8) is 0 Å². The van der Waals surface area contributed by atoms with Crippen LogP contribution in [0.25, 0.3) is 16.7 Å². The molecule has 1 aliphatic heterocycles. The highest BCUT2D eigenvalue weighted by molar-refractivity contribution is 5.77. The zero-order valence-electron chi connectivity index (χ0n) is 17.4. The zero-order chi connectivity index (χ0) is 21.2. The topological polar surface area (TPSA) is 59.8 Å². The van der Waals surface area contributed by atoms with Gasteiger partial charge in [0.15, 0.2) is 11.5 Å². The molecular weight excluding hydrogens is 390 g/mol. The Morgan fingerprint density at radius 1 is 0.968 bits per heavy atom. The van der Waals surface area contributed by atoms with Gasteiger partial charge in [-0.25, -0.2) is 4.98 Å². The number of hydrogen-bond acceptors (Lipinski definition) is 5. The molecule has 1 aliphatic rings. The molecule has 158 valence electrons. The largest absolute Gasteiger partial charge is 0.454 e. The summed E-state index contributed by atoms with van der Waals surface area (Å²) in [7, 11) is 0. The molecule has 3 aromatic carbocycles. The number of ether oxygens (including phenoxy) is 2. The molecule has 6 nitrogen and oxygen atoms in total. The smallest absolute Gasteiger partial charge is 0.231 e. The number of aliphatic hydroxyl groups excluding tert-OH is 1. The molecular formula is C25H25N3O3. The fraction of sp³-hybridized carbons (Fsp3) is 0.240. The van der Waals surface area contributed by atoms with Gasteiger partial charge in [0, 0.05) is 25.3 Å². The second kappa shape index (κ2) is 8.41. The van der Waals surface area contributed by atoms with Crippen LogP contribution in [0, 0.1) is 0 Å². The average molecular weight is 415 g/mol. The number of hydrogen-bond donors (Lipinski definition) is 1. The Morgan fingerprint density at radius 3 is 2.55 bits per heavy atom. The Labute approximate surface area is 181 Å². The minimum absolute atomic E-state index is 0.273. The Morgan fingerprint density at radius 2 is 1.71 bits per heavy atom. The Bertz CT molecular complexity index is 1180. The lowest BCUT2D eigenvalue weighted by molar-refractivity contribution is 0.118. The molecule has 1 aromatic heterocycles. The van der Waals surface area contributed by atoms with Crippen molar-refractivity contribution in [2.45, 2.75) is 26.1 Å². The van der Waals surface area contributed by atoms with E-state index >= 15 is 0 Å². The summed E-state index contributed by atoms with van der Waals surface area (Å²) in [5.74, 6) is 1.57. The van der Waals surface area contributed by atoms with Crippen LogP contribution >= 0.6 is 0 Å². The minimum Gasteiger partial charge on any atom is -0.454 e. The normalized spacial score (nSPS) is 13.8. The van der Waals surface area contributed by atoms with Crippen molar-refractivity contribution in [2.75, 3.05) is 13.3 Å². The lowest BCUT2D eigenvalue weighted by Crippen LogP contribution is -2.30. The van der Waals surface area contributed by atoms with Crippen molar-refractivity contribution in [3.05, 3.63) is 84.2 Å². The standard InChI is InChI=1S/C25H25N3O3/c1-18(29)13-27(15-20-8-11-24-25(12-20)31-17-30-24)14-19-6-9-21(10-7-19)28-16-26-22-4-2-3-5-23(22)28/h2-12,16,18,29H,13-15,17H2,1H3/t18-/m1/s1. The maximum Gasteiger partial charge on any atom is 0.231 e. The van der Waals surface area contributed by atoms with Gasteiger partial charge in [0.05, 0.1) is 17.1 Å². The van der Waals surface area contributed by atoms with Crippen LogP contribution in [-0.2, 0) is 13.1 Å². The molecule has 0 amide bonds. The van der Waals surface area contributed by atoms with Crippen molar-refractivity contribution in [1.82, 2.24) is 14.5 Å². The molecule has 1 atom stereocenters. The first-order valence-corrected chi connectivity index (χ1v) is 10.5. The Hall–Kier alpha value is -3.35. The fourth-order valence-electron chi connectivity index (χ4n) is 4.04. The number of fused-ring (bicyclic) bond motifs is 2. The molecule has 0 saturated carbocycles. The first kappa shape index (κ1) is 19.6. The Kier molecular flexibility index (Phi) is 5.32. The van der Waals surface area contributed by atoms with Crippen molar-refractivity contribution >= 4 is 11.0 Å². The highest BCUT2D eigenvalue weighted by Crippen LogP contribution is 2.33. The molecule has 0 aliphatic carbocycles. The van der Waals surface area contributed by atoms with Crippen LogP contribution in [-0.4, -0.2) is 39.0 Å². The van der Waals surface area contributed by atoms with Crippen LogP contribution in [0.3, 0.4) is 0 Å². The summed E-state index contributed by atoms with van der Waals surface area (Å²) in [5, 5.41) is 10.0. The van der Waals surface area contributed by atoms with Gasteiger partial charge in [-0.3, -0.25) is 9.47 Å². The fourth-order valence-corrected chi connectivity index (χ4v) is 4.04. The van der Waals surface area contributed by atoms with E-state index in [1.54, 1.807) is 0 Å². The van der Waals surface area contributed by atoms with Gasteiger partial charge in [-0.15, -0.1) is 0 Å². The summed E-state index contributed by atoms with van der Waals surface area (Å²) in [4.78, 5) is 6.72. The van der Waals surface area contributed by atoms with Crippen molar-refractivity contribution in [2.24, 2.45) is 0 Å². The predicted octanol–water partition coefficient (Wildman–Crippen LogP) is 4.14. The first-order chi connectivity index (χ1) is 15.2. The third kappa shape index (κ3) is 4.26. The van der Waals surface area contributed by atoms with Gasteiger partial charge in [0.2, 0.25) is 6.79 Å². The van der Waals surface area contributed by atoms with Gasteiger partial charge in [-0.2, -0.15) is 0 Å². The highest BCUT2D eigenvalue weighted by Gasteiger charge is 2.16. The number of imidazole rings is 1. The molecule has 6 heteroatoms. The summed E-state index contributed by atoms with van der Waals surface area (Å²) >= 11 is 0. The average Bonchev–Trinajstić information content (AvgIpc) is 3.40. The zero-order valence-corrected chi connectivity index (χ0v) is 17.4. The van der Waals surface area contributed by atoms with Gasteiger partial charge in [-0.1, -0.05) is 30.3 Å². The third-order valence-corrected chi connectivity index (χ3v) is 5.44. The molecule has 0 radical (unpaired) electrons. The second-order valence-electron chi connectivity index (χ2n) is 7.98. The Balaban J connectivity index is 1.33. The van der Waals surface area contributed by atoms with E-state index in [9.17, 15) is 5.11 Å². The monoisotopic (exact) mass is 415 g/mol. The van der Waals surface area contributed by atoms with Crippen molar-refractivity contribution in [3.8, 4) is 17.2 Å². The number of aromatic nitrogens is 2. The molecule has 31 heavy (non-hydrogen) atoms. The maximum absolute atomic E-state index is 10.0. The first-order valence-electron chi connectivity index (χ1n) is 10.5. The summed E-state index contributed by atoms with van der Waals surface area (Å²) < 4.78 is 13.0. The number of benzene rings is 3. The van der Waals surface area contributed by atoms with E-state index in [0.29, 0.717) is 6.54 Å². The van der Waals surface area contributed by atoms with E-state index < -0.39 is 6.10 Å². The third-order valence-electron chi connectivity index (χ3n) is 5.44. The van der Waals surface area contributed by atoms with E-state index in [0.717, 1.165) is 46.9 Å². The molecule has 0 bridgehead atoms. The molecule has 5 rings (SSSR count). The molecule has 2 heterocycles. The summed E-state index contributed by atoms with van der Waals surface area (Å²) in [6, 6.07) is 22.6. The second-order valence-corrected chi connectivity index (χ2v) is 7.98. The summed E-state index contributed by atoms with van der Waals surface area (Å²) in [6.45, 7) is 4.14. The van der Waals surface area contributed by atoms with Gasteiger partial charge >= 0.3 is 0 Å². The SMILES string of the molecule is C[C@@H](O)CN(Cc1ccc(-n2cnc3ccccc32)cc1)Cc1ccc2c(c1)OCO2. The van der Waals surface area contributed by atoms with Crippen LogP contribution in [0.2, 0.25) is 0 Å². The van der Waals surface area contributed by atoms with Crippen LogP contribution in [0.1, 0.15) is 18.1 Å². The molecule has 1 N–H and O–H groups in total. The van der Waals surface area contributed by atoms with Crippen LogP contribution in [0.4, 0.5) is 0 Å². The summed E-state index contributed by atoms with van der Waals surface area (Å²) in [5.41, 5.74) is 5.48. The number of rotatable bonds is 7. The van der Waals surface area contributed by atoms with E-state index in [4.69, 9.17) is 9.47 Å². The van der Waals surface area contributed by atoms with E-state index in [1.807, 2.05) is 43.6 Å². The summed E-state index contributed by atoms with van der Waals surface area (Å²) in [6.07, 6.45) is 1.45. The predicted molar refractivity (Wildman–Crippen MR) is 119 cm³/mol. The minimum atomic E-state index is -0.411. The number of aliphatic hydroxyl groups is 1. The van der Waals surface area contributed by atoms with E-state index in [-0.39, 0.29) is 6.79 Å². The van der Waals surface area contributed by atoms with Crippen LogP contribution in [0.15, 0.2) is 73.1 Å². The number of para-hydroxylation sites is 2.